The second kappa shape index (κ2) is 8.03. The van der Waals surface area contributed by atoms with Crippen molar-refractivity contribution >= 4 is 11.3 Å². The van der Waals surface area contributed by atoms with E-state index >= 15 is 0 Å². The van der Waals surface area contributed by atoms with Crippen molar-refractivity contribution in [3.8, 4) is 0 Å². The van der Waals surface area contributed by atoms with E-state index in [2.05, 4.69) is 20.2 Å². The highest BCUT2D eigenvalue weighted by atomic mass is 32.1. The SMILES string of the molecule is COCCN1CCC2(CC1)CC(COC)N(Cc1nccs1)C2. The highest BCUT2D eigenvalue weighted by Gasteiger charge is 2.45. The first-order chi connectivity index (χ1) is 11.2. The van der Waals surface area contributed by atoms with Gasteiger partial charge in [0.15, 0.2) is 0 Å². The number of ether oxygens (including phenoxy) is 2. The largest absolute Gasteiger partial charge is 0.383 e. The molecule has 130 valence electrons. The van der Waals surface area contributed by atoms with Crippen molar-refractivity contribution in [2.45, 2.75) is 31.8 Å². The third kappa shape index (κ3) is 4.31. The quantitative estimate of drug-likeness (QED) is 0.760. The zero-order chi connectivity index (χ0) is 16.1. The average molecular weight is 340 g/mol. The lowest BCUT2D eigenvalue weighted by molar-refractivity contribution is 0.0806. The van der Waals surface area contributed by atoms with Gasteiger partial charge in [0, 0.05) is 44.9 Å². The van der Waals surface area contributed by atoms with Crippen LogP contribution < -0.4 is 0 Å². The van der Waals surface area contributed by atoms with Crippen LogP contribution in [0.4, 0.5) is 0 Å². The summed E-state index contributed by atoms with van der Waals surface area (Å²) in [5.41, 5.74) is 0.476. The van der Waals surface area contributed by atoms with Gasteiger partial charge in [0.05, 0.1) is 19.8 Å². The summed E-state index contributed by atoms with van der Waals surface area (Å²) in [6.45, 7) is 7.31. The lowest BCUT2D eigenvalue weighted by atomic mass is 9.76. The molecule has 0 aliphatic carbocycles. The molecule has 1 spiro atoms. The van der Waals surface area contributed by atoms with Crippen molar-refractivity contribution in [2.24, 2.45) is 5.41 Å². The molecule has 3 rings (SSSR count). The number of rotatable bonds is 7. The molecule has 0 aromatic carbocycles. The Labute approximate surface area is 143 Å². The summed E-state index contributed by atoms with van der Waals surface area (Å²) in [6.07, 6.45) is 5.77. The van der Waals surface area contributed by atoms with Crippen molar-refractivity contribution in [3.05, 3.63) is 16.6 Å². The Balaban J connectivity index is 1.59. The molecule has 0 amide bonds. The highest BCUT2D eigenvalue weighted by Crippen LogP contribution is 2.44. The van der Waals surface area contributed by atoms with E-state index in [1.807, 2.05) is 13.3 Å². The van der Waals surface area contributed by atoms with E-state index < -0.39 is 0 Å². The summed E-state index contributed by atoms with van der Waals surface area (Å²) < 4.78 is 10.7. The topological polar surface area (TPSA) is 37.8 Å². The van der Waals surface area contributed by atoms with Gasteiger partial charge in [0.25, 0.3) is 0 Å². The minimum Gasteiger partial charge on any atom is -0.383 e. The van der Waals surface area contributed by atoms with Crippen LogP contribution in [0.2, 0.25) is 0 Å². The van der Waals surface area contributed by atoms with Crippen molar-refractivity contribution in [1.82, 2.24) is 14.8 Å². The van der Waals surface area contributed by atoms with E-state index in [1.54, 1.807) is 18.4 Å². The van der Waals surface area contributed by atoms with Crippen LogP contribution in [0.25, 0.3) is 0 Å². The van der Waals surface area contributed by atoms with E-state index in [4.69, 9.17) is 9.47 Å². The summed E-state index contributed by atoms with van der Waals surface area (Å²) in [6, 6.07) is 0.537. The van der Waals surface area contributed by atoms with Crippen molar-refractivity contribution < 1.29 is 9.47 Å². The smallest absolute Gasteiger partial charge is 0.107 e. The second-order valence-electron chi connectivity index (χ2n) is 6.98. The zero-order valence-electron chi connectivity index (χ0n) is 14.4. The van der Waals surface area contributed by atoms with Gasteiger partial charge < -0.3 is 14.4 Å². The van der Waals surface area contributed by atoms with Gasteiger partial charge in [-0.2, -0.15) is 0 Å². The van der Waals surface area contributed by atoms with Crippen molar-refractivity contribution in [3.63, 3.8) is 0 Å². The molecule has 2 aliphatic heterocycles. The summed E-state index contributed by atoms with van der Waals surface area (Å²) in [7, 11) is 3.61. The molecular formula is C17H29N3O2S. The monoisotopic (exact) mass is 339 g/mol. The van der Waals surface area contributed by atoms with Crippen molar-refractivity contribution in [2.75, 3.05) is 53.6 Å². The second-order valence-corrected chi connectivity index (χ2v) is 7.96. The molecule has 1 unspecified atom stereocenters. The Hall–Kier alpha value is -0.530. The molecule has 0 radical (unpaired) electrons. The Morgan fingerprint density at radius 1 is 1.30 bits per heavy atom. The molecule has 2 saturated heterocycles. The first kappa shape index (κ1) is 17.3. The van der Waals surface area contributed by atoms with Crippen LogP contribution in [0.5, 0.6) is 0 Å². The first-order valence-corrected chi connectivity index (χ1v) is 9.45. The molecule has 0 saturated carbocycles. The van der Waals surface area contributed by atoms with E-state index in [0.717, 1.165) is 26.3 Å². The highest BCUT2D eigenvalue weighted by molar-refractivity contribution is 7.09. The Morgan fingerprint density at radius 3 is 2.78 bits per heavy atom. The van der Waals surface area contributed by atoms with Crippen LogP contribution >= 0.6 is 11.3 Å². The molecule has 1 aromatic heterocycles. The number of hydrogen-bond donors (Lipinski definition) is 0. The predicted molar refractivity (Wildman–Crippen MR) is 92.8 cm³/mol. The molecule has 2 fully saturated rings. The number of thiazole rings is 1. The lowest BCUT2D eigenvalue weighted by Crippen LogP contribution is -2.42. The van der Waals surface area contributed by atoms with Gasteiger partial charge in [-0.1, -0.05) is 0 Å². The van der Waals surface area contributed by atoms with E-state index in [-0.39, 0.29) is 0 Å². The number of aromatic nitrogens is 1. The standard InChI is InChI=1S/C17H29N3O2S/c1-21-9-8-19-6-3-17(4-7-19)11-15(13-22-2)20(14-17)12-16-18-5-10-23-16/h5,10,15H,3-4,6-9,11-14H2,1-2H3. The maximum absolute atomic E-state index is 5.50. The third-order valence-electron chi connectivity index (χ3n) is 5.43. The number of piperidine rings is 1. The fraction of sp³-hybridized carbons (Fsp3) is 0.824. The zero-order valence-corrected chi connectivity index (χ0v) is 15.2. The average Bonchev–Trinajstić information content (AvgIpc) is 3.17. The van der Waals surface area contributed by atoms with Crippen LogP contribution in [-0.4, -0.2) is 74.4 Å². The summed E-state index contributed by atoms with van der Waals surface area (Å²) in [5.74, 6) is 0. The molecule has 2 aliphatic rings. The minimum atomic E-state index is 0.476. The van der Waals surface area contributed by atoms with Crippen molar-refractivity contribution in [1.29, 1.82) is 0 Å². The molecular weight excluding hydrogens is 310 g/mol. The normalized spacial score (nSPS) is 25.4. The van der Waals surface area contributed by atoms with E-state index in [1.165, 1.54) is 43.9 Å². The number of methoxy groups -OCH3 is 2. The molecule has 1 aromatic rings. The summed E-state index contributed by atoms with van der Waals surface area (Å²) in [5, 5.41) is 3.29. The van der Waals surface area contributed by atoms with Gasteiger partial charge in [0.1, 0.15) is 5.01 Å². The Kier molecular flexibility index (Phi) is 6.04. The Morgan fingerprint density at radius 2 is 2.13 bits per heavy atom. The third-order valence-corrected chi connectivity index (χ3v) is 6.20. The van der Waals surface area contributed by atoms with Crippen LogP contribution in [-0.2, 0) is 16.0 Å². The molecule has 0 bridgehead atoms. The molecule has 23 heavy (non-hydrogen) atoms. The molecule has 1 atom stereocenters. The maximum Gasteiger partial charge on any atom is 0.107 e. The molecule has 5 nitrogen and oxygen atoms in total. The fourth-order valence-corrected chi connectivity index (χ4v) is 4.77. The van der Waals surface area contributed by atoms with Gasteiger partial charge in [-0.05, 0) is 37.8 Å². The summed E-state index contributed by atoms with van der Waals surface area (Å²) >= 11 is 1.76. The fourth-order valence-electron chi connectivity index (χ4n) is 4.13. The van der Waals surface area contributed by atoms with Crippen LogP contribution in [0.1, 0.15) is 24.3 Å². The molecule has 0 N–H and O–H groups in total. The van der Waals surface area contributed by atoms with Crippen LogP contribution in [0.15, 0.2) is 11.6 Å². The lowest BCUT2D eigenvalue weighted by Gasteiger charge is -2.39. The summed E-state index contributed by atoms with van der Waals surface area (Å²) in [4.78, 5) is 9.62. The van der Waals surface area contributed by atoms with E-state index in [9.17, 15) is 0 Å². The van der Waals surface area contributed by atoms with Gasteiger partial charge in [0.2, 0.25) is 0 Å². The van der Waals surface area contributed by atoms with Gasteiger partial charge in [-0.25, -0.2) is 4.98 Å². The first-order valence-electron chi connectivity index (χ1n) is 8.57. The number of hydrogen-bond acceptors (Lipinski definition) is 6. The van der Waals surface area contributed by atoms with Gasteiger partial charge >= 0.3 is 0 Å². The maximum atomic E-state index is 5.50. The van der Waals surface area contributed by atoms with E-state index in [0.29, 0.717) is 11.5 Å². The van der Waals surface area contributed by atoms with Crippen LogP contribution in [0.3, 0.4) is 0 Å². The minimum absolute atomic E-state index is 0.476. The van der Waals surface area contributed by atoms with Crippen LogP contribution in [0, 0.1) is 5.41 Å². The number of nitrogens with zero attached hydrogens (tertiary/aromatic N) is 3. The molecule has 6 heteroatoms. The van der Waals surface area contributed by atoms with Gasteiger partial charge in [-0.3, -0.25) is 4.90 Å². The molecule has 3 heterocycles. The Bertz CT molecular complexity index is 460. The predicted octanol–water partition coefficient (Wildman–Crippen LogP) is 2.09. The number of likely N-dealkylation sites (tertiary alicyclic amines) is 2. The van der Waals surface area contributed by atoms with Gasteiger partial charge in [-0.15, -0.1) is 11.3 Å².